The first-order valence-corrected chi connectivity index (χ1v) is 6.75. The van der Waals surface area contributed by atoms with E-state index in [1.54, 1.807) is 0 Å². The van der Waals surface area contributed by atoms with Crippen LogP contribution in [0.4, 0.5) is 5.69 Å². The predicted molar refractivity (Wildman–Crippen MR) is 76.6 cm³/mol. The minimum Gasteiger partial charge on any atom is -0.456 e. The molecule has 1 aliphatic rings. The first-order chi connectivity index (χ1) is 9.63. The van der Waals surface area contributed by atoms with Gasteiger partial charge in [0.05, 0.1) is 9.95 Å². The molecule has 2 aromatic rings. The number of halogens is 1. The maximum absolute atomic E-state index is 10.7. The van der Waals surface area contributed by atoms with E-state index in [4.69, 9.17) is 16.3 Å². The average Bonchev–Trinajstić information content (AvgIpc) is 2.88. The molecular weight excluding hydrogens is 278 g/mol. The Morgan fingerprint density at radius 2 is 1.90 bits per heavy atom. The standard InChI is InChI=1S/C15H12ClNO3/c16-14-9-12(17(18)19)5-7-15(14)20-13-6-4-10-2-1-3-11(10)8-13/h4-9H,1-3H2. The van der Waals surface area contributed by atoms with Crippen LogP contribution in [0.1, 0.15) is 17.5 Å². The molecule has 0 fully saturated rings. The summed E-state index contributed by atoms with van der Waals surface area (Å²) in [6, 6.07) is 10.2. The third kappa shape index (κ3) is 2.47. The van der Waals surface area contributed by atoms with E-state index in [2.05, 4.69) is 6.07 Å². The number of nitro groups is 1. The van der Waals surface area contributed by atoms with Crippen LogP contribution >= 0.6 is 11.6 Å². The van der Waals surface area contributed by atoms with Crippen molar-refractivity contribution in [3.63, 3.8) is 0 Å². The van der Waals surface area contributed by atoms with Gasteiger partial charge in [-0.15, -0.1) is 0 Å². The largest absolute Gasteiger partial charge is 0.456 e. The molecule has 0 heterocycles. The number of nitrogens with zero attached hydrogens (tertiary/aromatic N) is 1. The van der Waals surface area contributed by atoms with E-state index in [0.29, 0.717) is 11.5 Å². The summed E-state index contributed by atoms with van der Waals surface area (Å²) < 4.78 is 5.71. The lowest BCUT2D eigenvalue weighted by Gasteiger charge is -2.09. The van der Waals surface area contributed by atoms with Gasteiger partial charge in [0, 0.05) is 12.1 Å². The van der Waals surface area contributed by atoms with E-state index < -0.39 is 4.92 Å². The van der Waals surface area contributed by atoms with Crippen LogP contribution in [0.2, 0.25) is 5.02 Å². The van der Waals surface area contributed by atoms with Crippen molar-refractivity contribution >= 4 is 17.3 Å². The zero-order valence-electron chi connectivity index (χ0n) is 10.6. The van der Waals surface area contributed by atoms with Crippen LogP contribution in [0.3, 0.4) is 0 Å². The van der Waals surface area contributed by atoms with Gasteiger partial charge < -0.3 is 4.74 Å². The molecule has 20 heavy (non-hydrogen) atoms. The number of aryl methyl sites for hydroxylation is 2. The Morgan fingerprint density at radius 1 is 1.10 bits per heavy atom. The summed E-state index contributed by atoms with van der Waals surface area (Å²) in [5.74, 6) is 1.14. The van der Waals surface area contributed by atoms with Gasteiger partial charge in [-0.05, 0) is 48.6 Å². The van der Waals surface area contributed by atoms with Crippen molar-refractivity contribution < 1.29 is 9.66 Å². The second-order valence-electron chi connectivity index (χ2n) is 4.76. The molecule has 4 nitrogen and oxygen atoms in total. The Balaban J connectivity index is 1.86. The Labute approximate surface area is 121 Å². The maximum atomic E-state index is 10.7. The van der Waals surface area contributed by atoms with Crippen molar-refractivity contribution in [2.75, 3.05) is 0 Å². The SMILES string of the molecule is O=[N+]([O-])c1ccc(Oc2ccc3c(c2)CCC3)c(Cl)c1. The van der Waals surface area contributed by atoms with Gasteiger partial charge in [-0.2, -0.15) is 0 Å². The van der Waals surface area contributed by atoms with Gasteiger partial charge in [0.15, 0.2) is 0 Å². The molecule has 0 atom stereocenters. The van der Waals surface area contributed by atoms with E-state index in [-0.39, 0.29) is 10.7 Å². The van der Waals surface area contributed by atoms with E-state index in [1.807, 2.05) is 12.1 Å². The molecule has 102 valence electrons. The lowest BCUT2D eigenvalue weighted by atomic mass is 10.1. The summed E-state index contributed by atoms with van der Waals surface area (Å²) in [6.07, 6.45) is 3.37. The Bertz CT molecular complexity index is 685. The molecule has 0 spiro atoms. The molecule has 0 N–H and O–H groups in total. The van der Waals surface area contributed by atoms with Crippen LogP contribution in [0.5, 0.6) is 11.5 Å². The third-order valence-corrected chi connectivity index (χ3v) is 3.72. The lowest BCUT2D eigenvalue weighted by Crippen LogP contribution is -1.91. The van der Waals surface area contributed by atoms with Gasteiger partial charge >= 0.3 is 0 Å². The number of rotatable bonds is 3. The fourth-order valence-electron chi connectivity index (χ4n) is 2.42. The predicted octanol–water partition coefficient (Wildman–Crippen LogP) is 4.53. The minimum atomic E-state index is -0.481. The smallest absolute Gasteiger partial charge is 0.271 e. The maximum Gasteiger partial charge on any atom is 0.271 e. The van der Waals surface area contributed by atoms with E-state index in [0.717, 1.165) is 12.8 Å². The molecule has 0 aliphatic heterocycles. The number of hydrogen-bond acceptors (Lipinski definition) is 3. The van der Waals surface area contributed by atoms with Gasteiger partial charge in [-0.25, -0.2) is 0 Å². The minimum absolute atomic E-state index is 0.0451. The highest BCUT2D eigenvalue weighted by molar-refractivity contribution is 6.32. The van der Waals surface area contributed by atoms with Crippen LogP contribution in [0.25, 0.3) is 0 Å². The summed E-state index contributed by atoms with van der Waals surface area (Å²) >= 11 is 6.01. The lowest BCUT2D eigenvalue weighted by molar-refractivity contribution is -0.384. The van der Waals surface area contributed by atoms with E-state index >= 15 is 0 Å². The van der Waals surface area contributed by atoms with Crippen molar-refractivity contribution in [2.24, 2.45) is 0 Å². The summed E-state index contributed by atoms with van der Waals surface area (Å²) in [5, 5.41) is 10.9. The molecule has 0 saturated heterocycles. The zero-order chi connectivity index (χ0) is 14.1. The molecule has 0 unspecified atom stereocenters. The first kappa shape index (κ1) is 12.9. The Hall–Kier alpha value is -2.07. The van der Waals surface area contributed by atoms with Gasteiger partial charge in [0.1, 0.15) is 11.5 Å². The number of hydrogen-bond donors (Lipinski definition) is 0. The average molecular weight is 290 g/mol. The van der Waals surface area contributed by atoms with Crippen molar-refractivity contribution in [1.29, 1.82) is 0 Å². The molecule has 5 heteroatoms. The van der Waals surface area contributed by atoms with Crippen LogP contribution in [-0.4, -0.2) is 4.92 Å². The number of fused-ring (bicyclic) bond motifs is 1. The van der Waals surface area contributed by atoms with E-state index in [9.17, 15) is 10.1 Å². The van der Waals surface area contributed by atoms with Crippen molar-refractivity contribution in [3.05, 3.63) is 62.7 Å². The van der Waals surface area contributed by atoms with Gasteiger partial charge in [-0.1, -0.05) is 17.7 Å². The third-order valence-electron chi connectivity index (χ3n) is 3.42. The monoisotopic (exact) mass is 289 g/mol. The molecule has 3 rings (SSSR count). The summed E-state index contributed by atoms with van der Waals surface area (Å²) in [6.45, 7) is 0. The molecule has 0 saturated carbocycles. The van der Waals surface area contributed by atoms with Gasteiger partial charge in [-0.3, -0.25) is 10.1 Å². The highest BCUT2D eigenvalue weighted by atomic mass is 35.5. The number of nitro benzene ring substituents is 1. The van der Waals surface area contributed by atoms with E-state index in [1.165, 1.54) is 35.7 Å². The van der Waals surface area contributed by atoms with Gasteiger partial charge in [0.25, 0.3) is 5.69 Å². The molecule has 2 aromatic carbocycles. The van der Waals surface area contributed by atoms with Crippen molar-refractivity contribution in [1.82, 2.24) is 0 Å². The molecule has 0 amide bonds. The second kappa shape index (κ2) is 5.13. The fraction of sp³-hybridized carbons (Fsp3) is 0.200. The molecule has 0 radical (unpaired) electrons. The zero-order valence-corrected chi connectivity index (χ0v) is 11.4. The summed E-state index contributed by atoms with van der Waals surface area (Å²) in [4.78, 5) is 10.2. The Morgan fingerprint density at radius 3 is 2.65 bits per heavy atom. The number of non-ortho nitro benzene ring substituents is 1. The molecule has 0 bridgehead atoms. The topological polar surface area (TPSA) is 52.4 Å². The molecule has 1 aliphatic carbocycles. The molecular formula is C15H12ClNO3. The number of benzene rings is 2. The van der Waals surface area contributed by atoms with Crippen LogP contribution in [0.15, 0.2) is 36.4 Å². The van der Waals surface area contributed by atoms with Crippen LogP contribution in [0, 0.1) is 10.1 Å². The quantitative estimate of drug-likeness (QED) is 0.616. The van der Waals surface area contributed by atoms with Crippen LogP contribution < -0.4 is 4.74 Å². The summed E-state index contributed by atoms with van der Waals surface area (Å²) in [7, 11) is 0. The fourth-order valence-corrected chi connectivity index (χ4v) is 2.64. The molecule has 0 aromatic heterocycles. The second-order valence-corrected chi connectivity index (χ2v) is 5.17. The van der Waals surface area contributed by atoms with Crippen molar-refractivity contribution in [3.8, 4) is 11.5 Å². The highest BCUT2D eigenvalue weighted by Gasteiger charge is 2.14. The normalized spacial score (nSPS) is 13.1. The number of ether oxygens (including phenoxy) is 1. The van der Waals surface area contributed by atoms with Crippen LogP contribution in [-0.2, 0) is 12.8 Å². The Kier molecular flexibility index (Phi) is 3.32. The van der Waals surface area contributed by atoms with Crippen molar-refractivity contribution in [2.45, 2.75) is 19.3 Å². The summed E-state index contributed by atoms with van der Waals surface area (Å²) in [5.41, 5.74) is 2.63. The van der Waals surface area contributed by atoms with Gasteiger partial charge in [0.2, 0.25) is 0 Å². The highest BCUT2D eigenvalue weighted by Crippen LogP contribution is 2.34. The first-order valence-electron chi connectivity index (χ1n) is 6.37.